The molecule has 0 N–H and O–H groups in total. The van der Waals surface area contributed by atoms with Gasteiger partial charge in [0.15, 0.2) is 0 Å². The number of anilines is 1. The molecule has 6 nitrogen and oxygen atoms in total. The molecule has 0 radical (unpaired) electrons. The molecule has 1 atom stereocenters. The number of hydrogen-bond acceptors (Lipinski definition) is 6. The van der Waals surface area contributed by atoms with Crippen LogP contribution in [0.4, 0.5) is 18.9 Å². The fourth-order valence-electron chi connectivity index (χ4n) is 5.27. The van der Waals surface area contributed by atoms with Gasteiger partial charge in [0.25, 0.3) is 0 Å². The molecule has 0 amide bonds. The summed E-state index contributed by atoms with van der Waals surface area (Å²) in [5.74, 6) is -0.108. The van der Waals surface area contributed by atoms with Crippen LogP contribution in [0.5, 0.6) is 0 Å². The van der Waals surface area contributed by atoms with Crippen LogP contribution in [0.2, 0.25) is 0 Å². The molecule has 0 aromatic heterocycles. The molecule has 2 fully saturated rings. The van der Waals surface area contributed by atoms with Gasteiger partial charge < -0.3 is 9.64 Å². The molecule has 1 aromatic carbocycles. The normalized spacial score (nSPS) is 19.0. The van der Waals surface area contributed by atoms with Crippen molar-refractivity contribution in [2.24, 2.45) is 0 Å². The number of benzene rings is 1. The van der Waals surface area contributed by atoms with E-state index >= 15 is 0 Å². The third-order valence-electron chi connectivity index (χ3n) is 7.93. The van der Waals surface area contributed by atoms with Gasteiger partial charge in [-0.2, -0.15) is 13.2 Å². The molecule has 2 aliphatic rings. The Hall–Kier alpha value is -1.84. The number of piperazine rings is 2. The van der Waals surface area contributed by atoms with Crippen LogP contribution < -0.4 is 4.90 Å². The van der Waals surface area contributed by atoms with Gasteiger partial charge in [-0.25, -0.2) is 0 Å². The number of hydrogen-bond donors (Lipinski definition) is 0. The first-order chi connectivity index (χ1) is 18.3. The van der Waals surface area contributed by atoms with Crippen molar-refractivity contribution in [1.82, 2.24) is 14.7 Å². The van der Waals surface area contributed by atoms with Crippen molar-refractivity contribution in [3.63, 3.8) is 0 Å². The molecule has 1 unspecified atom stereocenters. The van der Waals surface area contributed by atoms with E-state index in [9.17, 15) is 18.0 Å². The number of esters is 1. The molecular weight excluding hydrogens is 493 g/mol. The molecule has 0 saturated carbocycles. The van der Waals surface area contributed by atoms with E-state index in [2.05, 4.69) is 21.6 Å². The van der Waals surface area contributed by atoms with Gasteiger partial charge in [0.05, 0.1) is 12.2 Å². The van der Waals surface area contributed by atoms with Crippen molar-refractivity contribution in [3.8, 4) is 0 Å². The van der Waals surface area contributed by atoms with E-state index in [0.717, 1.165) is 84.4 Å². The predicted molar refractivity (Wildman–Crippen MR) is 147 cm³/mol. The Balaban J connectivity index is 1.27. The van der Waals surface area contributed by atoms with Crippen molar-refractivity contribution in [3.05, 3.63) is 29.8 Å². The molecule has 0 bridgehead atoms. The Bertz CT molecular complexity index is 822. The van der Waals surface area contributed by atoms with Crippen molar-refractivity contribution >= 4 is 11.7 Å². The predicted octanol–water partition coefficient (Wildman–Crippen LogP) is 5.13. The molecule has 0 aliphatic carbocycles. The Morgan fingerprint density at radius 3 is 2.05 bits per heavy atom. The highest BCUT2D eigenvalue weighted by Gasteiger charge is 2.31. The molecule has 38 heavy (non-hydrogen) atoms. The number of nitrogens with zero attached hydrogens (tertiary/aromatic N) is 4. The lowest BCUT2D eigenvalue weighted by Crippen LogP contribution is -2.54. The highest BCUT2D eigenvalue weighted by molar-refractivity contribution is 5.75. The van der Waals surface area contributed by atoms with Crippen molar-refractivity contribution in [1.29, 1.82) is 0 Å². The quantitative estimate of drug-likeness (QED) is 0.241. The number of ether oxygens (including phenoxy) is 1. The third kappa shape index (κ3) is 10.0. The highest BCUT2D eigenvalue weighted by atomic mass is 19.4. The van der Waals surface area contributed by atoms with Gasteiger partial charge in [-0.1, -0.05) is 51.5 Å². The van der Waals surface area contributed by atoms with Crippen LogP contribution >= 0.6 is 0 Å². The first-order valence-electron chi connectivity index (χ1n) is 14.6. The van der Waals surface area contributed by atoms with Gasteiger partial charge in [0, 0.05) is 71.1 Å². The molecule has 2 heterocycles. The maximum atomic E-state index is 13.0. The summed E-state index contributed by atoms with van der Waals surface area (Å²) in [6, 6.07) is 5.42. The minimum Gasteiger partial charge on any atom is -0.465 e. The second kappa shape index (κ2) is 15.7. The fraction of sp³-hybridized carbons (Fsp3) is 0.759. The van der Waals surface area contributed by atoms with E-state index in [-0.39, 0.29) is 12.0 Å². The van der Waals surface area contributed by atoms with E-state index < -0.39 is 11.7 Å². The van der Waals surface area contributed by atoms with Crippen LogP contribution in [0, 0.1) is 0 Å². The Kier molecular flexibility index (Phi) is 12.7. The van der Waals surface area contributed by atoms with Crippen molar-refractivity contribution in [2.75, 3.05) is 77.0 Å². The second-order valence-corrected chi connectivity index (χ2v) is 10.7. The average Bonchev–Trinajstić information content (AvgIpc) is 2.93. The third-order valence-corrected chi connectivity index (χ3v) is 7.93. The van der Waals surface area contributed by atoms with Gasteiger partial charge >= 0.3 is 12.1 Å². The number of unbranched alkanes of at least 4 members (excludes halogenated alkanes) is 6. The largest absolute Gasteiger partial charge is 0.465 e. The zero-order chi connectivity index (χ0) is 27.4. The maximum Gasteiger partial charge on any atom is 0.416 e. The summed E-state index contributed by atoms with van der Waals surface area (Å²) in [5.41, 5.74) is 0.0537. The zero-order valence-corrected chi connectivity index (χ0v) is 23.4. The summed E-state index contributed by atoms with van der Waals surface area (Å²) >= 11 is 0. The minimum absolute atomic E-state index is 0.108. The maximum absolute atomic E-state index is 13.0. The number of carbonyl (C=O) groups excluding carboxylic acids is 1. The van der Waals surface area contributed by atoms with Crippen molar-refractivity contribution < 1.29 is 22.7 Å². The van der Waals surface area contributed by atoms with E-state index in [4.69, 9.17) is 4.74 Å². The Morgan fingerprint density at radius 2 is 1.45 bits per heavy atom. The van der Waals surface area contributed by atoms with Gasteiger partial charge in [-0.3, -0.25) is 19.5 Å². The standard InChI is InChI=1S/C29H47F3N4O2/c1-3-4-5-6-7-8-9-23-38-28(37)25(2)35-19-15-33(16-20-35)13-14-34-17-21-36(22-18-34)27-12-10-11-26(24-27)29(30,31)32/h10-12,24-25H,3-9,13-23H2,1-2H3. The molecule has 0 spiro atoms. The minimum atomic E-state index is -4.31. The zero-order valence-electron chi connectivity index (χ0n) is 23.4. The van der Waals surface area contributed by atoms with E-state index in [1.54, 1.807) is 6.07 Å². The van der Waals surface area contributed by atoms with Crippen LogP contribution in [-0.4, -0.2) is 98.8 Å². The number of alkyl halides is 3. The summed E-state index contributed by atoms with van der Waals surface area (Å²) in [6.45, 7) is 13.3. The number of carbonyl (C=O) groups is 1. The molecular formula is C29H47F3N4O2. The second-order valence-electron chi connectivity index (χ2n) is 10.7. The van der Waals surface area contributed by atoms with Gasteiger partial charge in [-0.15, -0.1) is 0 Å². The highest BCUT2D eigenvalue weighted by Crippen LogP contribution is 2.31. The van der Waals surface area contributed by atoms with Crippen LogP contribution in [0.15, 0.2) is 24.3 Å². The summed E-state index contributed by atoms with van der Waals surface area (Å²) in [5, 5.41) is 0. The lowest BCUT2D eigenvalue weighted by Gasteiger charge is -2.39. The molecule has 2 aliphatic heterocycles. The summed E-state index contributed by atoms with van der Waals surface area (Å²) < 4.78 is 44.7. The van der Waals surface area contributed by atoms with Crippen LogP contribution in [0.1, 0.15) is 64.4 Å². The first-order valence-corrected chi connectivity index (χ1v) is 14.6. The van der Waals surface area contributed by atoms with E-state index in [1.165, 1.54) is 44.2 Å². The van der Waals surface area contributed by atoms with Gasteiger partial charge in [-0.05, 0) is 31.5 Å². The Labute approximate surface area is 227 Å². The SMILES string of the molecule is CCCCCCCCCOC(=O)C(C)N1CCN(CCN2CCN(c3cccc(C(F)(F)F)c3)CC2)CC1. The van der Waals surface area contributed by atoms with E-state index in [1.807, 2.05) is 11.8 Å². The number of rotatable bonds is 14. The van der Waals surface area contributed by atoms with Crippen LogP contribution in [-0.2, 0) is 15.7 Å². The summed E-state index contributed by atoms with van der Waals surface area (Å²) in [7, 11) is 0. The fourth-order valence-corrected chi connectivity index (χ4v) is 5.27. The van der Waals surface area contributed by atoms with Crippen molar-refractivity contribution in [2.45, 2.75) is 71.0 Å². The Morgan fingerprint density at radius 1 is 0.868 bits per heavy atom. The molecule has 3 rings (SSSR count). The summed E-state index contributed by atoms with van der Waals surface area (Å²) in [4.78, 5) is 21.6. The summed E-state index contributed by atoms with van der Waals surface area (Å²) in [6.07, 6.45) is 4.14. The van der Waals surface area contributed by atoms with E-state index in [0.29, 0.717) is 12.3 Å². The lowest BCUT2D eigenvalue weighted by molar-refractivity contribution is -0.150. The molecule has 9 heteroatoms. The molecule has 2 saturated heterocycles. The molecule has 216 valence electrons. The lowest BCUT2D eigenvalue weighted by atomic mass is 10.1. The topological polar surface area (TPSA) is 39.3 Å². The smallest absolute Gasteiger partial charge is 0.416 e. The molecule has 1 aromatic rings. The first kappa shape index (κ1) is 30.7. The van der Waals surface area contributed by atoms with Crippen LogP contribution in [0.25, 0.3) is 0 Å². The average molecular weight is 541 g/mol. The van der Waals surface area contributed by atoms with Crippen LogP contribution in [0.3, 0.4) is 0 Å². The number of halogens is 3. The van der Waals surface area contributed by atoms with Gasteiger partial charge in [0.1, 0.15) is 6.04 Å². The monoisotopic (exact) mass is 540 g/mol. The van der Waals surface area contributed by atoms with Gasteiger partial charge in [0.2, 0.25) is 0 Å².